The average Bonchev–Trinajstić information content (AvgIpc) is 3.78. The first-order valence-corrected chi connectivity index (χ1v) is 18.5. The number of nitrogens with one attached hydrogen (secondary N) is 4. The number of pyridine rings is 1. The number of anilines is 2. The summed E-state index contributed by atoms with van der Waals surface area (Å²) in [5.41, 5.74) is 2.94. The van der Waals surface area contributed by atoms with Crippen molar-refractivity contribution in [3.8, 4) is 22.6 Å². The van der Waals surface area contributed by atoms with Crippen LogP contribution >= 0.6 is 0 Å². The molecule has 0 spiro atoms. The van der Waals surface area contributed by atoms with Gasteiger partial charge in [0.1, 0.15) is 17.0 Å². The number of amides is 5. The van der Waals surface area contributed by atoms with Crippen LogP contribution in [0.4, 0.5) is 17.1 Å². The molecule has 0 saturated heterocycles. The molecule has 0 saturated carbocycles. The van der Waals surface area contributed by atoms with Crippen molar-refractivity contribution in [2.45, 2.75) is 57.9 Å². The van der Waals surface area contributed by atoms with E-state index in [1.165, 1.54) is 22.8 Å². The minimum atomic E-state index is -0.517. The lowest BCUT2D eigenvalue weighted by Gasteiger charge is -2.22. The van der Waals surface area contributed by atoms with Gasteiger partial charge < -0.3 is 24.9 Å². The van der Waals surface area contributed by atoms with Crippen LogP contribution in [0.15, 0.2) is 83.9 Å². The van der Waals surface area contributed by atoms with E-state index in [0.29, 0.717) is 81.8 Å². The van der Waals surface area contributed by atoms with Gasteiger partial charge in [0.05, 0.1) is 16.1 Å². The Hall–Kier alpha value is -7.10. The van der Waals surface area contributed by atoms with Gasteiger partial charge in [-0.1, -0.05) is 12.8 Å². The van der Waals surface area contributed by atoms with E-state index in [1.54, 1.807) is 74.9 Å². The maximum absolute atomic E-state index is 13.1. The molecule has 0 radical (unpaired) electrons. The molecule has 0 aliphatic carbocycles. The van der Waals surface area contributed by atoms with E-state index >= 15 is 0 Å². The van der Waals surface area contributed by atoms with E-state index in [2.05, 4.69) is 20.9 Å². The number of non-ortho nitro benzene ring substituents is 1. The highest BCUT2D eigenvalue weighted by molar-refractivity contribution is 6.22. The zero-order valence-electron chi connectivity index (χ0n) is 31.3. The number of unbranched alkanes of at least 4 members (excludes halogenated alkanes) is 3. The number of carbonyl (C=O) groups is 5. The highest BCUT2D eigenvalue weighted by Gasteiger charge is 2.38. The van der Waals surface area contributed by atoms with Gasteiger partial charge in [0, 0.05) is 84.9 Å². The highest BCUT2D eigenvalue weighted by atomic mass is 16.6. The second kappa shape index (κ2) is 17.6. The van der Waals surface area contributed by atoms with Crippen LogP contribution in [0.2, 0.25) is 0 Å². The molecule has 1 atom stereocenters. The largest absolute Gasteiger partial charge is 0.457 e. The van der Waals surface area contributed by atoms with Crippen LogP contribution in [0.5, 0.6) is 11.5 Å². The Labute approximate surface area is 326 Å². The van der Waals surface area contributed by atoms with Gasteiger partial charge in [-0.15, -0.1) is 0 Å². The number of hydrogen-bond acceptors (Lipinski definition) is 10. The zero-order chi connectivity index (χ0) is 40.6. The number of aromatic amines is 1. The van der Waals surface area contributed by atoms with Gasteiger partial charge >= 0.3 is 0 Å². The molecule has 0 bridgehead atoms. The molecule has 16 heteroatoms. The molecule has 5 aromatic rings. The number of ether oxygens (including phenoxy) is 1. The second-order valence-corrected chi connectivity index (χ2v) is 13.7. The summed E-state index contributed by atoms with van der Waals surface area (Å²) in [6, 6.07) is 17.3. The van der Waals surface area contributed by atoms with Crippen LogP contribution in [-0.4, -0.2) is 62.0 Å². The van der Waals surface area contributed by atoms with Crippen molar-refractivity contribution in [3.63, 3.8) is 0 Å². The summed E-state index contributed by atoms with van der Waals surface area (Å²) in [5.74, 6) is -0.640. The third-order valence-corrected chi connectivity index (χ3v) is 9.75. The number of fused-ring (bicyclic) bond motifs is 2. The van der Waals surface area contributed by atoms with Crippen molar-refractivity contribution in [2.75, 3.05) is 17.2 Å². The average molecular weight is 776 g/mol. The first kappa shape index (κ1) is 39.6. The number of hydrogen-bond donors (Lipinski definition) is 4. The summed E-state index contributed by atoms with van der Waals surface area (Å²) < 4.78 is 7.57. The van der Waals surface area contributed by atoms with E-state index in [9.17, 15) is 38.9 Å². The van der Waals surface area contributed by atoms with Crippen molar-refractivity contribution in [1.29, 1.82) is 0 Å². The Morgan fingerprint density at radius 1 is 0.860 bits per heavy atom. The Kier molecular flexibility index (Phi) is 12.2. The van der Waals surface area contributed by atoms with Crippen molar-refractivity contribution < 1.29 is 33.6 Å². The summed E-state index contributed by atoms with van der Waals surface area (Å²) >= 11 is 0. The van der Waals surface area contributed by atoms with Gasteiger partial charge in [-0.2, -0.15) is 0 Å². The molecule has 0 fully saturated rings. The van der Waals surface area contributed by atoms with Gasteiger partial charge in [-0.25, -0.2) is 0 Å². The summed E-state index contributed by atoms with van der Waals surface area (Å²) in [4.78, 5) is 88.6. The van der Waals surface area contributed by atoms with Crippen LogP contribution in [0.1, 0.15) is 72.6 Å². The van der Waals surface area contributed by atoms with Crippen molar-refractivity contribution in [3.05, 3.63) is 111 Å². The van der Waals surface area contributed by atoms with Gasteiger partial charge in [0.15, 0.2) is 0 Å². The molecule has 57 heavy (non-hydrogen) atoms. The number of carbonyl (C=O) groups excluding carboxylic acids is 5. The Bertz CT molecular complexity index is 2420. The lowest BCUT2D eigenvalue weighted by molar-refractivity contribution is -0.384. The van der Waals surface area contributed by atoms with Crippen LogP contribution in [-0.2, 0) is 21.4 Å². The lowest BCUT2D eigenvalue weighted by atomic mass is 10.0. The number of imide groups is 2. The summed E-state index contributed by atoms with van der Waals surface area (Å²) in [6.07, 6.45) is 7.35. The first-order valence-electron chi connectivity index (χ1n) is 18.5. The molecule has 3 aromatic carbocycles. The van der Waals surface area contributed by atoms with Crippen molar-refractivity contribution >= 4 is 58.0 Å². The predicted molar refractivity (Wildman–Crippen MR) is 212 cm³/mol. The van der Waals surface area contributed by atoms with Gasteiger partial charge in [-0.3, -0.25) is 49.1 Å². The summed E-state index contributed by atoms with van der Waals surface area (Å²) in [6.45, 7) is 2.32. The standard InChI is InChI=1S/C41H41N7O9/c1-25(8-17-36(50)44-24-49)47-39(52)31-15-11-27(21-33(31)40(47)53)42-19-6-4-3-5-7-37(51)45-26-9-13-29(14-10-26)57-35-16-12-28(48(55)56)22-32(35)34-23-46(2)41(54)38-30(34)18-20-43-38/h9-16,18,20-25,42-43H,3-8,17,19H2,1-2H3,(H,45,51)(H,44,49,50). The number of nitro groups is 1. The van der Waals surface area contributed by atoms with Gasteiger partial charge in [0.25, 0.3) is 23.1 Å². The fourth-order valence-corrected chi connectivity index (χ4v) is 6.74. The smallest absolute Gasteiger partial charge is 0.274 e. The maximum Gasteiger partial charge on any atom is 0.274 e. The molecule has 1 aliphatic rings. The first-order chi connectivity index (χ1) is 27.4. The third-order valence-electron chi connectivity index (χ3n) is 9.75. The number of nitro benzene ring substituents is 1. The molecule has 16 nitrogen and oxygen atoms in total. The number of nitrogens with zero attached hydrogens (tertiary/aromatic N) is 3. The molecule has 1 aliphatic heterocycles. The Balaban J connectivity index is 0.943. The summed E-state index contributed by atoms with van der Waals surface area (Å²) in [5, 5.41) is 20.5. The number of aryl methyl sites for hydroxylation is 1. The van der Waals surface area contributed by atoms with Crippen LogP contribution in [0.3, 0.4) is 0 Å². The lowest BCUT2D eigenvalue weighted by Crippen LogP contribution is -2.38. The van der Waals surface area contributed by atoms with E-state index < -0.39 is 28.7 Å². The molecule has 6 rings (SSSR count). The summed E-state index contributed by atoms with van der Waals surface area (Å²) in [7, 11) is 1.61. The number of rotatable bonds is 18. The van der Waals surface area contributed by atoms with E-state index in [-0.39, 0.29) is 30.0 Å². The van der Waals surface area contributed by atoms with Crippen LogP contribution in [0, 0.1) is 10.1 Å². The predicted octanol–water partition coefficient (Wildman–Crippen LogP) is 6.27. The number of H-pyrrole nitrogens is 1. The molecule has 4 N–H and O–H groups in total. The molecule has 3 heterocycles. The SMILES string of the molecule is CC(CCC(=O)NC=O)N1C(=O)c2ccc(NCCCCCCC(=O)Nc3ccc(Oc4ccc([N+](=O)[O-])cc4-c4cn(C)c(=O)c5[nH]ccc45)cc3)cc2C1=O. The molecular formula is C41H41N7O9. The van der Waals surface area contributed by atoms with Crippen molar-refractivity contribution in [2.24, 2.45) is 7.05 Å². The molecule has 5 amide bonds. The number of aromatic nitrogens is 2. The number of benzene rings is 3. The Morgan fingerprint density at radius 2 is 1.60 bits per heavy atom. The van der Waals surface area contributed by atoms with E-state index in [1.807, 2.05) is 0 Å². The van der Waals surface area contributed by atoms with Crippen LogP contribution in [0.25, 0.3) is 22.0 Å². The molecular weight excluding hydrogens is 734 g/mol. The molecule has 1 unspecified atom stereocenters. The van der Waals surface area contributed by atoms with Gasteiger partial charge in [0.2, 0.25) is 18.2 Å². The quantitative estimate of drug-likeness (QED) is 0.0257. The molecule has 2 aromatic heterocycles. The van der Waals surface area contributed by atoms with E-state index in [0.717, 1.165) is 24.2 Å². The maximum atomic E-state index is 13.1. The van der Waals surface area contributed by atoms with E-state index in [4.69, 9.17) is 4.74 Å². The van der Waals surface area contributed by atoms with Gasteiger partial charge in [-0.05, 0) is 80.8 Å². The zero-order valence-corrected chi connectivity index (χ0v) is 31.3. The molecule has 294 valence electrons. The monoisotopic (exact) mass is 775 g/mol. The minimum Gasteiger partial charge on any atom is -0.457 e. The highest BCUT2D eigenvalue weighted by Crippen LogP contribution is 2.39. The third kappa shape index (κ3) is 9.07. The second-order valence-electron chi connectivity index (χ2n) is 13.7. The fourth-order valence-electron chi connectivity index (χ4n) is 6.74. The fraction of sp³-hybridized carbons (Fsp3) is 0.268. The van der Waals surface area contributed by atoms with Crippen molar-refractivity contribution in [1.82, 2.24) is 19.8 Å². The van der Waals surface area contributed by atoms with Crippen LogP contribution < -0.4 is 26.2 Å². The Morgan fingerprint density at radius 3 is 2.35 bits per heavy atom. The normalized spacial score (nSPS) is 12.6. The minimum absolute atomic E-state index is 0.00593. The topological polar surface area (TPSA) is 215 Å².